The van der Waals surface area contributed by atoms with Crippen LogP contribution in [0.4, 0.5) is 11.4 Å². The summed E-state index contributed by atoms with van der Waals surface area (Å²) in [6, 6.07) is 5.75. The van der Waals surface area contributed by atoms with E-state index in [2.05, 4.69) is 10.2 Å². The third-order valence-corrected chi connectivity index (χ3v) is 3.95. The number of para-hydroxylation sites is 1. The average molecular weight is 282 g/mol. The van der Waals surface area contributed by atoms with E-state index in [0.717, 1.165) is 38.2 Å². The Morgan fingerprint density at radius 2 is 2.16 bits per heavy atom. The van der Waals surface area contributed by atoms with Gasteiger partial charge in [0.2, 0.25) is 5.91 Å². The lowest BCUT2D eigenvalue weighted by atomic mass is 9.96. The Labute approximate surface area is 118 Å². The zero-order valence-electron chi connectivity index (χ0n) is 11.2. The molecule has 0 spiro atoms. The van der Waals surface area contributed by atoms with Gasteiger partial charge in [0.05, 0.1) is 16.4 Å². The van der Waals surface area contributed by atoms with Crippen molar-refractivity contribution in [1.82, 2.24) is 5.32 Å². The van der Waals surface area contributed by atoms with Crippen molar-refractivity contribution in [2.75, 3.05) is 30.3 Å². The number of hydrogen-bond acceptors (Lipinski definition) is 3. The molecule has 0 aromatic heterocycles. The van der Waals surface area contributed by atoms with Gasteiger partial charge in [0.25, 0.3) is 0 Å². The molecule has 19 heavy (non-hydrogen) atoms. The lowest BCUT2D eigenvalue weighted by molar-refractivity contribution is -0.119. The minimum absolute atomic E-state index is 0.0431. The van der Waals surface area contributed by atoms with Gasteiger partial charge in [-0.15, -0.1) is 0 Å². The minimum Gasteiger partial charge on any atom is -0.396 e. The SMILES string of the molecule is CC(=O)NCC1CCN(c2cccc(Cl)c2N)CC1. The Morgan fingerprint density at radius 3 is 2.79 bits per heavy atom. The van der Waals surface area contributed by atoms with E-state index in [1.165, 1.54) is 0 Å². The number of piperidine rings is 1. The van der Waals surface area contributed by atoms with Crippen molar-refractivity contribution in [2.24, 2.45) is 5.92 Å². The maximum Gasteiger partial charge on any atom is 0.216 e. The Morgan fingerprint density at radius 1 is 1.47 bits per heavy atom. The van der Waals surface area contributed by atoms with Crippen LogP contribution >= 0.6 is 11.6 Å². The average Bonchev–Trinajstić information content (AvgIpc) is 2.40. The molecule has 1 amide bonds. The zero-order valence-corrected chi connectivity index (χ0v) is 11.9. The molecule has 1 heterocycles. The molecule has 0 aliphatic carbocycles. The maximum absolute atomic E-state index is 10.9. The highest BCUT2D eigenvalue weighted by Crippen LogP contribution is 2.32. The summed E-state index contributed by atoms with van der Waals surface area (Å²) < 4.78 is 0. The molecule has 4 nitrogen and oxygen atoms in total. The van der Waals surface area contributed by atoms with Crippen LogP contribution in [0.1, 0.15) is 19.8 Å². The molecule has 1 aromatic carbocycles. The Hall–Kier alpha value is -1.42. The first kappa shape index (κ1) is 14.0. The molecule has 1 aromatic rings. The highest BCUT2D eigenvalue weighted by molar-refractivity contribution is 6.33. The van der Waals surface area contributed by atoms with E-state index >= 15 is 0 Å². The van der Waals surface area contributed by atoms with E-state index < -0.39 is 0 Å². The first-order chi connectivity index (χ1) is 9.08. The van der Waals surface area contributed by atoms with Crippen LogP contribution in [0.25, 0.3) is 0 Å². The van der Waals surface area contributed by atoms with Gasteiger partial charge in [-0.05, 0) is 30.9 Å². The summed E-state index contributed by atoms with van der Waals surface area (Å²) in [7, 11) is 0. The fourth-order valence-corrected chi connectivity index (χ4v) is 2.64. The monoisotopic (exact) mass is 281 g/mol. The Kier molecular flexibility index (Phi) is 4.53. The van der Waals surface area contributed by atoms with Crippen molar-refractivity contribution in [3.05, 3.63) is 23.2 Å². The number of rotatable bonds is 3. The number of carbonyl (C=O) groups is 1. The van der Waals surface area contributed by atoms with Crippen molar-refractivity contribution >= 4 is 28.9 Å². The summed E-state index contributed by atoms with van der Waals surface area (Å²) in [5.74, 6) is 0.599. The summed E-state index contributed by atoms with van der Waals surface area (Å²) >= 11 is 6.05. The number of amides is 1. The number of nitrogen functional groups attached to an aromatic ring is 1. The Balaban J connectivity index is 1.92. The normalized spacial score (nSPS) is 16.4. The van der Waals surface area contributed by atoms with Gasteiger partial charge in [-0.2, -0.15) is 0 Å². The second-order valence-corrected chi connectivity index (χ2v) is 5.45. The molecule has 5 heteroatoms. The van der Waals surface area contributed by atoms with E-state index in [0.29, 0.717) is 16.6 Å². The first-order valence-corrected chi connectivity index (χ1v) is 6.99. The Bertz CT molecular complexity index is 456. The number of anilines is 2. The highest BCUT2D eigenvalue weighted by atomic mass is 35.5. The number of nitrogens with two attached hydrogens (primary N) is 1. The molecule has 0 radical (unpaired) electrons. The van der Waals surface area contributed by atoms with Crippen LogP contribution in [-0.2, 0) is 4.79 Å². The van der Waals surface area contributed by atoms with Crippen molar-refractivity contribution in [1.29, 1.82) is 0 Å². The van der Waals surface area contributed by atoms with Gasteiger partial charge in [0.15, 0.2) is 0 Å². The molecule has 0 unspecified atom stereocenters. The number of nitrogens with zero attached hydrogens (tertiary/aromatic N) is 1. The highest BCUT2D eigenvalue weighted by Gasteiger charge is 2.21. The zero-order chi connectivity index (χ0) is 13.8. The summed E-state index contributed by atoms with van der Waals surface area (Å²) in [6.07, 6.45) is 2.12. The lowest BCUT2D eigenvalue weighted by Gasteiger charge is -2.34. The fraction of sp³-hybridized carbons (Fsp3) is 0.500. The smallest absolute Gasteiger partial charge is 0.216 e. The largest absolute Gasteiger partial charge is 0.396 e. The standard InChI is InChI=1S/C14H20ClN3O/c1-10(19)17-9-11-5-7-18(8-6-11)13-4-2-3-12(15)14(13)16/h2-4,11H,5-9,16H2,1H3,(H,17,19). The van der Waals surface area contributed by atoms with Gasteiger partial charge in [-0.25, -0.2) is 0 Å². The van der Waals surface area contributed by atoms with Crippen molar-refractivity contribution < 1.29 is 4.79 Å². The number of carbonyl (C=O) groups excluding carboxylic acids is 1. The quantitative estimate of drug-likeness (QED) is 0.836. The van der Waals surface area contributed by atoms with Crippen LogP contribution in [0, 0.1) is 5.92 Å². The molecule has 1 saturated heterocycles. The maximum atomic E-state index is 10.9. The molecule has 1 aliphatic heterocycles. The molecule has 1 fully saturated rings. The van der Waals surface area contributed by atoms with Crippen LogP contribution in [0.2, 0.25) is 5.02 Å². The summed E-state index contributed by atoms with van der Waals surface area (Å²) in [5.41, 5.74) is 7.69. The third-order valence-electron chi connectivity index (χ3n) is 3.62. The van der Waals surface area contributed by atoms with Crippen LogP contribution in [-0.4, -0.2) is 25.5 Å². The molecule has 0 bridgehead atoms. The van der Waals surface area contributed by atoms with E-state index in [1.54, 1.807) is 6.92 Å². The molecular weight excluding hydrogens is 262 g/mol. The van der Waals surface area contributed by atoms with Gasteiger partial charge in [0, 0.05) is 26.6 Å². The molecule has 1 aliphatic rings. The van der Waals surface area contributed by atoms with E-state index in [4.69, 9.17) is 17.3 Å². The number of hydrogen-bond donors (Lipinski definition) is 2. The van der Waals surface area contributed by atoms with E-state index in [9.17, 15) is 4.79 Å². The van der Waals surface area contributed by atoms with Crippen LogP contribution < -0.4 is 16.0 Å². The van der Waals surface area contributed by atoms with Gasteiger partial charge in [0.1, 0.15) is 0 Å². The molecule has 3 N–H and O–H groups in total. The topological polar surface area (TPSA) is 58.4 Å². The predicted molar refractivity (Wildman–Crippen MR) is 79.5 cm³/mol. The van der Waals surface area contributed by atoms with E-state index in [1.807, 2.05) is 18.2 Å². The molecule has 2 rings (SSSR count). The fourth-order valence-electron chi connectivity index (χ4n) is 2.47. The van der Waals surface area contributed by atoms with Crippen LogP contribution in [0.3, 0.4) is 0 Å². The van der Waals surface area contributed by atoms with Crippen molar-refractivity contribution in [2.45, 2.75) is 19.8 Å². The molecule has 104 valence electrons. The predicted octanol–water partition coefficient (Wildman–Crippen LogP) is 2.27. The van der Waals surface area contributed by atoms with Gasteiger partial charge in [-0.1, -0.05) is 17.7 Å². The van der Waals surface area contributed by atoms with Gasteiger partial charge in [-0.3, -0.25) is 4.79 Å². The number of benzene rings is 1. The molecular formula is C14H20ClN3O. The number of halogens is 1. The van der Waals surface area contributed by atoms with Gasteiger partial charge >= 0.3 is 0 Å². The van der Waals surface area contributed by atoms with Crippen LogP contribution in [0.5, 0.6) is 0 Å². The second kappa shape index (κ2) is 6.15. The molecule has 0 atom stereocenters. The molecule has 0 saturated carbocycles. The van der Waals surface area contributed by atoms with E-state index in [-0.39, 0.29) is 5.91 Å². The second-order valence-electron chi connectivity index (χ2n) is 5.04. The van der Waals surface area contributed by atoms with Gasteiger partial charge < -0.3 is 16.0 Å². The summed E-state index contributed by atoms with van der Waals surface area (Å²) in [6.45, 7) is 4.24. The minimum atomic E-state index is 0.0431. The van der Waals surface area contributed by atoms with Crippen LogP contribution in [0.15, 0.2) is 18.2 Å². The van der Waals surface area contributed by atoms with Crippen molar-refractivity contribution in [3.63, 3.8) is 0 Å². The number of nitrogens with one attached hydrogen (secondary N) is 1. The first-order valence-electron chi connectivity index (χ1n) is 6.61. The summed E-state index contributed by atoms with van der Waals surface area (Å²) in [5, 5.41) is 3.50. The van der Waals surface area contributed by atoms with Crippen molar-refractivity contribution in [3.8, 4) is 0 Å². The third kappa shape index (κ3) is 3.53. The lowest BCUT2D eigenvalue weighted by Crippen LogP contribution is -2.38. The summed E-state index contributed by atoms with van der Waals surface area (Å²) in [4.78, 5) is 13.2.